The number of carboxylic acids is 1. The highest BCUT2D eigenvalue weighted by Gasteiger charge is 2.16. The molecule has 0 saturated heterocycles. The summed E-state index contributed by atoms with van der Waals surface area (Å²) in [6.45, 7) is 0. The number of aliphatic hydroxyl groups is 1. The minimum atomic E-state index is -1.57. The van der Waals surface area contributed by atoms with Crippen LogP contribution in [0.15, 0.2) is 53.1 Å². The van der Waals surface area contributed by atoms with Crippen LogP contribution < -0.4 is 0 Å². The maximum atomic E-state index is 11.8. The highest BCUT2D eigenvalue weighted by atomic mass is 16.4. The zero-order valence-corrected chi connectivity index (χ0v) is 10.3. The number of allylic oxidation sites excluding steroid dienone is 1. The number of nitrogens with zero attached hydrogens (tertiary/aromatic N) is 1. The van der Waals surface area contributed by atoms with Crippen LogP contribution in [0.2, 0.25) is 0 Å². The first-order chi connectivity index (χ1) is 9.58. The number of hydrogen-bond donors (Lipinski definition) is 2. The molecule has 2 aromatic rings. The lowest BCUT2D eigenvalue weighted by Crippen LogP contribution is -2.05. The summed E-state index contributed by atoms with van der Waals surface area (Å²) in [5.41, 5.74) is 1.54. The van der Waals surface area contributed by atoms with Crippen molar-refractivity contribution in [1.29, 1.82) is 0 Å². The van der Waals surface area contributed by atoms with E-state index in [1.807, 2.05) is 0 Å². The number of furan rings is 1. The SMILES string of the molecule is O=C(O)C(O)=CC(=O)c1occc1Cc1ccncc1. The van der Waals surface area contributed by atoms with Gasteiger partial charge in [-0.15, -0.1) is 0 Å². The summed E-state index contributed by atoms with van der Waals surface area (Å²) in [5, 5.41) is 17.6. The number of carboxylic acid groups (broad SMARTS) is 1. The fourth-order valence-corrected chi connectivity index (χ4v) is 1.66. The number of carbonyl (C=O) groups excluding carboxylic acids is 1. The first-order valence-corrected chi connectivity index (χ1v) is 5.71. The van der Waals surface area contributed by atoms with Gasteiger partial charge in [-0.2, -0.15) is 0 Å². The Morgan fingerprint density at radius 3 is 2.55 bits per heavy atom. The molecular formula is C14H11NO5. The molecule has 2 aromatic heterocycles. The van der Waals surface area contributed by atoms with Crippen molar-refractivity contribution in [2.75, 3.05) is 0 Å². The smallest absolute Gasteiger partial charge is 0.371 e. The van der Waals surface area contributed by atoms with Crippen molar-refractivity contribution in [1.82, 2.24) is 4.98 Å². The third-order valence-corrected chi connectivity index (χ3v) is 2.60. The third kappa shape index (κ3) is 3.11. The molecule has 0 fully saturated rings. The number of rotatable bonds is 5. The number of ketones is 1. The Labute approximate surface area is 114 Å². The van der Waals surface area contributed by atoms with Crippen molar-refractivity contribution >= 4 is 11.8 Å². The van der Waals surface area contributed by atoms with Crippen molar-refractivity contribution < 1.29 is 24.2 Å². The van der Waals surface area contributed by atoms with E-state index < -0.39 is 17.5 Å². The van der Waals surface area contributed by atoms with Gasteiger partial charge in [-0.1, -0.05) is 0 Å². The van der Waals surface area contributed by atoms with Gasteiger partial charge < -0.3 is 14.6 Å². The molecule has 2 rings (SSSR count). The molecule has 0 saturated carbocycles. The average Bonchev–Trinajstić information content (AvgIpc) is 2.88. The maximum Gasteiger partial charge on any atom is 0.371 e. The topological polar surface area (TPSA) is 101 Å². The number of aliphatic carboxylic acids is 1. The van der Waals surface area contributed by atoms with E-state index in [-0.39, 0.29) is 5.76 Å². The molecule has 102 valence electrons. The fourth-order valence-electron chi connectivity index (χ4n) is 1.66. The second-order valence-electron chi connectivity index (χ2n) is 4.01. The first-order valence-electron chi connectivity index (χ1n) is 5.71. The lowest BCUT2D eigenvalue weighted by Gasteiger charge is -2.00. The van der Waals surface area contributed by atoms with Crippen LogP contribution in [0.25, 0.3) is 0 Å². The van der Waals surface area contributed by atoms with Crippen molar-refractivity contribution in [2.24, 2.45) is 0 Å². The number of hydrogen-bond acceptors (Lipinski definition) is 5. The standard InChI is InChI=1S/C14H11NO5/c16-11(8-12(17)14(18)19)13-10(3-6-20-13)7-9-1-4-15-5-2-9/h1-6,8,17H,7H2,(H,18,19). The molecule has 2 N–H and O–H groups in total. The lowest BCUT2D eigenvalue weighted by molar-refractivity contribution is -0.135. The number of pyridine rings is 1. The molecule has 0 aliphatic carbocycles. The van der Waals surface area contributed by atoms with Gasteiger partial charge in [-0.25, -0.2) is 4.79 Å². The van der Waals surface area contributed by atoms with E-state index in [2.05, 4.69) is 4.98 Å². The Morgan fingerprint density at radius 1 is 1.20 bits per heavy atom. The minimum Gasteiger partial charge on any atom is -0.502 e. The average molecular weight is 273 g/mol. The molecule has 0 aliphatic heterocycles. The van der Waals surface area contributed by atoms with Crippen LogP contribution in [-0.2, 0) is 11.2 Å². The summed E-state index contributed by atoms with van der Waals surface area (Å²) in [6.07, 6.45) is 5.68. The molecule has 0 aliphatic rings. The summed E-state index contributed by atoms with van der Waals surface area (Å²) < 4.78 is 5.07. The predicted molar refractivity (Wildman–Crippen MR) is 68.4 cm³/mol. The van der Waals surface area contributed by atoms with Crippen LogP contribution in [-0.4, -0.2) is 26.9 Å². The molecular weight excluding hydrogens is 262 g/mol. The molecule has 0 spiro atoms. The van der Waals surface area contributed by atoms with Gasteiger partial charge in [0.25, 0.3) is 0 Å². The normalized spacial score (nSPS) is 11.3. The van der Waals surface area contributed by atoms with Crippen molar-refractivity contribution in [2.45, 2.75) is 6.42 Å². The van der Waals surface area contributed by atoms with E-state index in [4.69, 9.17) is 14.6 Å². The van der Waals surface area contributed by atoms with Crippen LogP contribution in [0.3, 0.4) is 0 Å². The Morgan fingerprint density at radius 2 is 1.90 bits per heavy atom. The quantitative estimate of drug-likeness (QED) is 0.490. The Hall–Kier alpha value is -2.89. The summed E-state index contributed by atoms with van der Waals surface area (Å²) >= 11 is 0. The zero-order chi connectivity index (χ0) is 14.5. The molecule has 0 amide bonds. The van der Waals surface area contributed by atoms with Crippen molar-refractivity contribution in [3.05, 3.63) is 65.6 Å². The number of aliphatic hydroxyl groups excluding tert-OH is 1. The predicted octanol–water partition coefficient (Wildman–Crippen LogP) is 1.97. The zero-order valence-electron chi connectivity index (χ0n) is 10.3. The highest BCUT2D eigenvalue weighted by molar-refractivity contribution is 6.06. The van der Waals surface area contributed by atoms with Crippen LogP contribution >= 0.6 is 0 Å². The van der Waals surface area contributed by atoms with Gasteiger partial charge >= 0.3 is 5.97 Å². The molecule has 0 aromatic carbocycles. The Kier molecular flexibility index (Phi) is 3.95. The largest absolute Gasteiger partial charge is 0.502 e. The van der Waals surface area contributed by atoms with E-state index in [0.717, 1.165) is 5.56 Å². The van der Waals surface area contributed by atoms with E-state index >= 15 is 0 Å². The molecule has 0 radical (unpaired) electrons. The number of carbonyl (C=O) groups is 2. The van der Waals surface area contributed by atoms with Gasteiger partial charge in [0.05, 0.1) is 6.26 Å². The molecule has 0 bridgehead atoms. The molecule has 2 heterocycles. The lowest BCUT2D eigenvalue weighted by atomic mass is 10.0. The van der Waals surface area contributed by atoms with Gasteiger partial charge in [0.2, 0.25) is 11.5 Å². The van der Waals surface area contributed by atoms with E-state index in [1.54, 1.807) is 30.6 Å². The molecule has 0 atom stereocenters. The second kappa shape index (κ2) is 5.83. The summed E-state index contributed by atoms with van der Waals surface area (Å²) in [4.78, 5) is 26.2. The highest BCUT2D eigenvalue weighted by Crippen LogP contribution is 2.17. The molecule has 20 heavy (non-hydrogen) atoms. The molecule has 6 heteroatoms. The minimum absolute atomic E-state index is 0.00890. The van der Waals surface area contributed by atoms with Gasteiger partial charge in [-0.3, -0.25) is 9.78 Å². The van der Waals surface area contributed by atoms with Crippen LogP contribution in [0.4, 0.5) is 0 Å². The Balaban J connectivity index is 2.23. The van der Waals surface area contributed by atoms with E-state index in [1.165, 1.54) is 6.26 Å². The monoisotopic (exact) mass is 273 g/mol. The summed E-state index contributed by atoms with van der Waals surface area (Å²) in [7, 11) is 0. The molecule has 6 nitrogen and oxygen atoms in total. The van der Waals surface area contributed by atoms with Gasteiger partial charge in [0.15, 0.2) is 5.76 Å². The van der Waals surface area contributed by atoms with E-state index in [9.17, 15) is 9.59 Å². The Bertz CT molecular complexity index is 657. The van der Waals surface area contributed by atoms with Crippen LogP contribution in [0.5, 0.6) is 0 Å². The van der Waals surface area contributed by atoms with Crippen molar-refractivity contribution in [3.63, 3.8) is 0 Å². The molecule has 0 unspecified atom stereocenters. The van der Waals surface area contributed by atoms with Gasteiger partial charge in [0.1, 0.15) is 0 Å². The van der Waals surface area contributed by atoms with Crippen molar-refractivity contribution in [3.8, 4) is 0 Å². The number of aromatic nitrogens is 1. The fraction of sp³-hybridized carbons (Fsp3) is 0.0714. The maximum absolute atomic E-state index is 11.8. The second-order valence-corrected chi connectivity index (χ2v) is 4.01. The third-order valence-electron chi connectivity index (χ3n) is 2.60. The van der Waals surface area contributed by atoms with Crippen LogP contribution in [0, 0.1) is 0 Å². The summed E-state index contributed by atoms with van der Waals surface area (Å²) in [5.74, 6) is -3.28. The van der Waals surface area contributed by atoms with Crippen LogP contribution in [0.1, 0.15) is 21.7 Å². The summed E-state index contributed by atoms with van der Waals surface area (Å²) in [6, 6.07) is 5.22. The first kappa shape index (κ1) is 13.5. The van der Waals surface area contributed by atoms with E-state index in [0.29, 0.717) is 18.1 Å². The van der Waals surface area contributed by atoms with Gasteiger partial charge in [-0.05, 0) is 23.8 Å². The van der Waals surface area contributed by atoms with Gasteiger partial charge in [0, 0.05) is 30.5 Å².